The van der Waals surface area contributed by atoms with Crippen LogP contribution in [0.2, 0.25) is 0 Å². The van der Waals surface area contributed by atoms with Crippen molar-refractivity contribution in [2.45, 2.75) is 30.4 Å². The second kappa shape index (κ2) is 9.97. The molecule has 0 unspecified atom stereocenters. The van der Waals surface area contributed by atoms with Crippen molar-refractivity contribution in [3.8, 4) is 11.5 Å². The molecule has 3 aromatic rings. The van der Waals surface area contributed by atoms with E-state index in [0.717, 1.165) is 5.56 Å². The first-order valence-corrected chi connectivity index (χ1v) is 10.0. The fourth-order valence-electron chi connectivity index (χ4n) is 2.50. The van der Waals surface area contributed by atoms with E-state index >= 15 is 0 Å². The predicted molar refractivity (Wildman–Crippen MR) is 112 cm³/mol. The van der Waals surface area contributed by atoms with E-state index < -0.39 is 5.91 Å². The maximum Gasteiger partial charge on any atom is 0.322 e. The Morgan fingerprint density at radius 1 is 1.14 bits per heavy atom. The number of anilines is 1. The first-order chi connectivity index (χ1) is 14.0. The van der Waals surface area contributed by atoms with Gasteiger partial charge in [0.15, 0.2) is 6.61 Å². The summed E-state index contributed by atoms with van der Waals surface area (Å²) in [4.78, 5) is 13.3. The van der Waals surface area contributed by atoms with Crippen LogP contribution in [-0.2, 0) is 11.2 Å². The van der Waals surface area contributed by atoms with Crippen molar-refractivity contribution in [3.63, 3.8) is 0 Å². The molecule has 1 aromatic heterocycles. The lowest BCUT2D eigenvalue weighted by Crippen LogP contribution is -2.20. The maximum absolute atomic E-state index is 12.0. The maximum atomic E-state index is 12.0. The molecule has 0 radical (unpaired) electrons. The van der Waals surface area contributed by atoms with Crippen molar-refractivity contribution in [2.24, 2.45) is 0 Å². The Kier molecular flexibility index (Phi) is 7.13. The fourth-order valence-corrected chi connectivity index (χ4v) is 3.34. The average Bonchev–Trinajstić information content (AvgIpc) is 3.14. The van der Waals surface area contributed by atoms with Crippen LogP contribution in [0.4, 0.5) is 6.01 Å². The number of amides is 1. The van der Waals surface area contributed by atoms with Gasteiger partial charge in [-0.3, -0.25) is 10.1 Å². The molecule has 29 heavy (non-hydrogen) atoms. The molecule has 8 heteroatoms. The van der Waals surface area contributed by atoms with E-state index in [9.17, 15) is 4.79 Å². The van der Waals surface area contributed by atoms with Crippen LogP contribution < -0.4 is 14.8 Å². The number of ether oxygens (including phenoxy) is 2. The van der Waals surface area contributed by atoms with Crippen LogP contribution in [0.15, 0.2) is 57.8 Å². The number of benzene rings is 2. The number of carbonyl (C=O) groups excluding carboxylic acids is 1. The predicted octanol–water partition coefficient (Wildman–Crippen LogP) is 4.19. The van der Waals surface area contributed by atoms with E-state index in [1.807, 2.05) is 23.9 Å². The minimum absolute atomic E-state index is 0.0474. The number of methoxy groups -OCH3 is 1. The molecule has 3 rings (SSSR count). The van der Waals surface area contributed by atoms with Crippen molar-refractivity contribution in [3.05, 3.63) is 60.0 Å². The highest BCUT2D eigenvalue weighted by molar-refractivity contribution is 7.99. The van der Waals surface area contributed by atoms with Gasteiger partial charge in [0, 0.05) is 16.2 Å². The third-order valence-electron chi connectivity index (χ3n) is 3.77. The lowest BCUT2D eigenvalue weighted by Gasteiger charge is -2.06. The Labute approximate surface area is 173 Å². The van der Waals surface area contributed by atoms with Crippen molar-refractivity contribution in [1.29, 1.82) is 0 Å². The zero-order valence-electron chi connectivity index (χ0n) is 16.5. The first kappa shape index (κ1) is 20.7. The lowest BCUT2D eigenvalue weighted by atomic mass is 10.1. The molecule has 0 fully saturated rings. The minimum atomic E-state index is -0.391. The van der Waals surface area contributed by atoms with E-state index in [1.165, 1.54) is 4.90 Å². The van der Waals surface area contributed by atoms with Crippen LogP contribution in [-0.4, -0.2) is 35.1 Å². The largest absolute Gasteiger partial charge is 0.497 e. The molecular weight excluding hydrogens is 390 g/mol. The number of hydrogen-bond donors (Lipinski definition) is 1. The summed E-state index contributed by atoms with van der Waals surface area (Å²) in [6.07, 6.45) is 0.496. The summed E-state index contributed by atoms with van der Waals surface area (Å²) in [6.45, 7) is 4.14. The van der Waals surface area contributed by atoms with Gasteiger partial charge in [0.1, 0.15) is 11.5 Å². The first-order valence-electron chi connectivity index (χ1n) is 9.16. The third kappa shape index (κ3) is 6.53. The van der Waals surface area contributed by atoms with Gasteiger partial charge in [-0.05, 0) is 29.8 Å². The third-order valence-corrected chi connectivity index (χ3v) is 4.79. The Balaban J connectivity index is 1.49. The standard InChI is InChI=1S/C21H23N3O4S/c1-14(2)29-18-9-7-15(8-10-18)11-20-23-24-21(28-20)22-19(25)13-27-17-6-4-5-16(12-17)26-3/h4-10,12,14H,11,13H2,1-3H3,(H,22,24,25). The topological polar surface area (TPSA) is 86.5 Å². The summed E-state index contributed by atoms with van der Waals surface area (Å²) in [5.41, 5.74) is 1.06. The number of hydrogen-bond acceptors (Lipinski definition) is 7. The molecule has 0 aliphatic carbocycles. The van der Waals surface area contributed by atoms with Gasteiger partial charge in [-0.2, -0.15) is 0 Å². The molecule has 1 N–H and O–H groups in total. The van der Waals surface area contributed by atoms with Crippen LogP contribution >= 0.6 is 11.8 Å². The quantitative estimate of drug-likeness (QED) is 0.526. The number of aromatic nitrogens is 2. The van der Waals surface area contributed by atoms with E-state index in [0.29, 0.717) is 29.1 Å². The van der Waals surface area contributed by atoms with Gasteiger partial charge < -0.3 is 13.9 Å². The Morgan fingerprint density at radius 3 is 2.62 bits per heavy atom. The number of nitrogens with zero attached hydrogens (tertiary/aromatic N) is 2. The van der Waals surface area contributed by atoms with Gasteiger partial charge in [0.05, 0.1) is 13.5 Å². The number of rotatable bonds is 9. The highest BCUT2D eigenvalue weighted by Crippen LogP contribution is 2.23. The van der Waals surface area contributed by atoms with E-state index in [1.54, 1.807) is 31.4 Å². The molecule has 0 saturated carbocycles. The Hall–Kier alpha value is -3.00. The number of nitrogens with one attached hydrogen (secondary N) is 1. The summed E-state index contributed by atoms with van der Waals surface area (Å²) < 4.78 is 16.1. The summed E-state index contributed by atoms with van der Waals surface area (Å²) >= 11 is 1.81. The number of carbonyl (C=O) groups is 1. The van der Waals surface area contributed by atoms with Crippen LogP contribution in [0.1, 0.15) is 25.3 Å². The SMILES string of the molecule is COc1cccc(OCC(=O)Nc2nnc(Cc3ccc(SC(C)C)cc3)o2)c1. The molecule has 152 valence electrons. The molecule has 0 aliphatic rings. The monoisotopic (exact) mass is 413 g/mol. The molecule has 0 atom stereocenters. The minimum Gasteiger partial charge on any atom is -0.497 e. The molecule has 0 bridgehead atoms. The molecule has 1 heterocycles. The summed E-state index contributed by atoms with van der Waals surface area (Å²) in [5.74, 6) is 1.22. The van der Waals surface area contributed by atoms with Crippen molar-refractivity contribution >= 4 is 23.7 Å². The van der Waals surface area contributed by atoms with Crippen molar-refractivity contribution in [2.75, 3.05) is 19.0 Å². The van der Waals surface area contributed by atoms with Crippen LogP contribution in [0.5, 0.6) is 11.5 Å². The molecule has 0 spiro atoms. The Morgan fingerprint density at radius 2 is 1.90 bits per heavy atom. The summed E-state index contributed by atoms with van der Waals surface area (Å²) in [7, 11) is 1.57. The fraction of sp³-hybridized carbons (Fsp3) is 0.286. The van der Waals surface area contributed by atoms with Crippen molar-refractivity contribution < 1.29 is 18.7 Å². The van der Waals surface area contributed by atoms with Gasteiger partial charge in [-0.25, -0.2) is 0 Å². The zero-order valence-corrected chi connectivity index (χ0v) is 17.4. The summed E-state index contributed by atoms with van der Waals surface area (Å²) in [5, 5.41) is 10.9. The summed E-state index contributed by atoms with van der Waals surface area (Å²) in [6, 6.07) is 15.3. The number of thioether (sulfide) groups is 1. The highest BCUT2D eigenvalue weighted by atomic mass is 32.2. The van der Waals surface area contributed by atoms with E-state index in [-0.39, 0.29) is 12.6 Å². The average molecular weight is 413 g/mol. The van der Waals surface area contributed by atoms with Gasteiger partial charge in [-0.1, -0.05) is 37.1 Å². The molecular formula is C21H23N3O4S. The van der Waals surface area contributed by atoms with Gasteiger partial charge in [0.2, 0.25) is 5.89 Å². The van der Waals surface area contributed by atoms with Crippen molar-refractivity contribution in [1.82, 2.24) is 10.2 Å². The van der Waals surface area contributed by atoms with Gasteiger partial charge in [0.25, 0.3) is 5.91 Å². The molecule has 0 aliphatic heterocycles. The van der Waals surface area contributed by atoms with Crippen LogP contribution in [0.25, 0.3) is 0 Å². The normalized spacial score (nSPS) is 10.8. The second-order valence-electron chi connectivity index (χ2n) is 6.50. The molecule has 2 aromatic carbocycles. The second-order valence-corrected chi connectivity index (χ2v) is 8.15. The molecule has 1 amide bonds. The van der Waals surface area contributed by atoms with Crippen LogP contribution in [0, 0.1) is 0 Å². The van der Waals surface area contributed by atoms with Gasteiger partial charge in [-0.15, -0.1) is 16.9 Å². The lowest BCUT2D eigenvalue weighted by molar-refractivity contribution is -0.118. The van der Waals surface area contributed by atoms with E-state index in [2.05, 4.69) is 41.5 Å². The van der Waals surface area contributed by atoms with E-state index in [4.69, 9.17) is 13.9 Å². The Bertz CT molecular complexity index is 941. The smallest absolute Gasteiger partial charge is 0.322 e. The van der Waals surface area contributed by atoms with Crippen LogP contribution in [0.3, 0.4) is 0 Å². The highest BCUT2D eigenvalue weighted by Gasteiger charge is 2.11. The van der Waals surface area contributed by atoms with Gasteiger partial charge >= 0.3 is 6.01 Å². The molecule has 0 saturated heterocycles. The molecule has 7 nitrogen and oxygen atoms in total. The zero-order chi connectivity index (χ0) is 20.6.